The highest BCUT2D eigenvalue weighted by atomic mass is 35.5. The van der Waals surface area contributed by atoms with Gasteiger partial charge in [-0.25, -0.2) is 4.98 Å². The fourth-order valence-electron chi connectivity index (χ4n) is 2.17. The van der Waals surface area contributed by atoms with Crippen LogP contribution >= 0.6 is 11.6 Å². The molecular formula is C13H14ClN3O2. The van der Waals surface area contributed by atoms with Crippen molar-refractivity contribution in [2.24, 2.45) is 5.92 Å². The van der Waals surface area contributed by atoms with Crippen molar-refractivity contribution in [3.05, 3.63) is 35.2 Å². The van der Waals surface area contributed by atoms with Gasteiger partial charge >= 0.3 is 0 Å². The van der Waals surface area contributed by atoms with E-state index in [1.54, 1.807) is 12.3 Å². The van der Waals surface area contributed by atoms with E-state index >= 15 is 0 Å². The van der Waals surface area contributed by atoms with Crippen LogP contribution in [-0.4, -0.2) is 28.5 Å². The maximum Gasteiger partial charge on any atom is 0.225 e. The molecule has 0 bridgehead atoms. The number of pyridine rings is 1. The monoisotopic (exact) mass is 279 g/mol. The van der Waals surface area contributed by atoms with Crippen molar-refractivity contribution in [1.82, 2.24) is 14.7 Å². The fraction of sp³-hybridized carbons (Fsp3) is 0.385. The standard InChI is InChI=1S/C13H14ClN3O2/c14-10-1-2-12-16-11(7-17(12)6-10)5-15-13(18)9-3-4-19-8-9/h1-2,6-7,9H,3-5,8H2,(H,15,18). The van der Waals surface area contributed by atoms with Crippen molar-refractivity contribution in [2.45, 2.75) is 13.0 Å². The Kier molecular flexibility index (Phi) is 3.40. The molecule has 2 aromatic heterocycles. The molecule has 0 radical (unpaired) electrons. The molecule has 6 heteroatoms. The normalized spacial score (nSPS) is 18.9. The van der Waals surface area contributed by atoms with Gasteiger partial charge in [0.25, 0.3) is 0 Å². The number of hydrogen-bond donors (Lipinski definition) is 1. The molecule has 1 saturated heterocycles. The van der Waals surface area contributed by atoms with Gasteiger partial charge in [-0.3, -0.25) is 4.79 Å². The van der Waals surface area contributed by atoms with Crippen LogP contribution in [0.3, 0.4) is 0 Å². The van der Waals surface area contributed by atoms with Crippen LogP contribution in [0.5, 0.6) is 0 Å². The summed E-state index contributed by atoms with van der Waals surface area (Å²) in [7, 11) is 0. The van der Waals surface area contributed by atoms with Gasteiger partial charge in [0, 0.05) is 19.0 Å². The fourth-order valence-corrected chi connectivity index (χ4v) is 2.33. The van der Waals surface area contributed by atoms with Crippen LogP contribution in [-0.2, 0) is 16.1 Å². The van der Waals surface area contributed by atoms with Gasteiger partial charge < -0.3 is 14.5 Å². The lowest BCUT2D eigenvalue weighted by atomic mass is 10.1. The number of fused-ring (bicyclic) bond motifs is 1. The molecule has 1 amide bonds. The van der Waals surface area contributed by atoms with Crippen molar-refractivity contribution in [2.75, 3.05) is 13.2 Å². The molecule has 5 nitrogen and oxygen atoms in total. The number of hydrogen-bond acceptors (Lipinski definition) is 3. The van der Waals surface area contributed by atoms with E-state index in [1.165, 1.54) is 0 Å². The second-order valence-corrected chi connectivity index (χ2v) is 5.06. The minimum absolute atomic E-state index is 0.0218. The molecule has 3 rings (SSSR count). The number of imidazole rings is 1. The maximum atomic E-state index is 11.8. The first-order valence-electron chi connectivity index (χ1n) is 6.21. The van der Waals surface area contributed by atoms with Crippen molar-refractivity contribution in [3.63, 3.8) is 0 Å². The summed E-state index contributed by atoms with van der Waals surface area (Å²) < 4.78 is 7.05. The van der Waals surface area contributed by atoms with E-state index < -0.39 is 0 Å². The molecule has 0 aliphatic carbocycles. The topological polar surface area (TPSA) is 55.6 Å². The van der Waals surface area contributed by atoms with Gasteiger partial charge in [0.2, 0.25) is 5.91 Å². The Balaban J connectivity index is 1.66. The first kappa shape index (κ1) is 12.4. The Morgan fingerprint density at radius 1 is 1.53 bits per heavy atom. The van der Waals surface area contributed by atoms with Crippen LogP contribution in [0.15, 0.2) is 24.5 Å². The Morgan fingerprint density at radius 2 is 2.42 bits per heavy atom. The SMILES string of the molecule is O=C(NCc1cn2cc(Cl)ccc2n1)C1CCOC1. The summed E-state index contributed by atoms with van der Waals surface area (Å²) in [5, 5.41) is 3.54. The van der Waals surface area contributed by atoms with Gasteiger partial charge in [-0.15, -0.1) is 0 Å². The van der Waals surface area contributed by atoms with Gasteiger partial charge in [0.15, 0.2) is 0 Å². The molecule has 1 aliphatic heterocycles. The molecule has 1 fully saturated rings. The zero-order valence-electron chi connectivity index (χ0n) is 10.3. The Hall–Kier alpha value is -1.59. The lowest BCUT2D eigenvalue weighted by Gasteiger charge is -2.07. The summed E-state index contributed by atoms with van der Waals surface area (Å²) in [6, 6.07) is 3.64. The summed E-state index contributed by atoms with van der Waals surface area (Å²) in [5.41, 5.74) is 1.63. The van der Waals surface area contributed by atoms with Gasteiger partial charge in [-0.2, -0.15) is 0 Å². The van der Waals surface area contributed by atoms with E-state index in [4.69, 9.17) is 16.3 Å². The van der Waals surface area contributed by atoms with Crippen LogP contribution < -0.4 is 5.32 Å². The Labute approximate surface area is 115 Å². The van der Waals surface area contributed by atoms with E-state index in [0.29, 0.717) is 24.8 Å². The van der Waals surface area contributed by atoms with E-state index in [-0.39, 0.29) is 11.8 Å². The molecular weight excluding hydrogens is 266 g/mol. The molecule has 0 aromatic carbocycles. The summed E-state index contributed by atoms with van der Waals surface area (Å²) in [5.74, 6) is 0.0130. The highest BCUT2D eigenvalue weighted by molar-refractivity contribution is 6.30. The Bertz CT molecular complexity index is 605. The van der Waals surface area contributed by atoms with Gasteiger partial charge in [-0.1, -0.05) is 11.6 Å². The van der Waals surface area contributed by atoms with E-state index in [1.807, 2.05) is 16.7 Å². The molecule has 1 atom stereocenters. The summed E-state index contributed by atoms with van der Waals surface area (Å²) in [6.45, 7) is 1.62. The van der Waals surface area contributed by atoms with Crippen LogP contribution in [0.4, 0.5) is 0 Å². The zero-order chi connectivity index (χ0) is 13.2. The van der Waals surface area contributed by atoms with Crippen LogP contribution in [0.1, 0.15) is 12.1 Å². The lowest BCUT2D eigenvalue weighted by Crippen LogP contribution is -2.30. The summed E-state index contributed by atoms with van der Waals surface area (Å²) >= 11 is 5.91. The predicted octanol–water partition coefficient (Wildman–Crippen LogP) is 1.64. The lowest BCUT2D eigenvalue weighted by molar-refractivity contribution is -0.125. The van der Waals surface area contributed by atoms with Gasteiger partial charge in [0.05, 0.1) is 29.8 Å². The number of aromatic nitrogens is 2. The number of halogens is 1. The quantitative estimate of drug-likeness (QED) is 0.929. The zero-order valence-corrected chi connectivity index (χ0v) is 11.1. The molecule has 0 spiro atoms. The average molecular weight is 280 g/mol. The van der Waals surface area contributed by atoms with Gasteiger partial charge in [-0.05, 0) is 18.6 Å². The van der Waals surface area contributed by atoms with Crippen LogP contribution in [0.25, 0.3) is 5.65 Å². The summed E-state index contributed by atoms with van der Waals surface area (Å²) in [6.07, 6.45) is 4.46. The number of carbonyl (C=O) groups excluding carboxylic acids is 1. The molecule has 2 aromatic rings. The second-order valence-electron chi connectivity index (χ2n) is 4.62. The third-order valence-electron chi connectivity index (χ3n) is 3.21. The molecule has 0 saturated carbocycles. The second kappa shape index (κ2) is 5.19. The average Bonchev–Trinajstić information content (AvgIpc) is 3.04. The highest BCUT2D eigenvalue weighted by Gasteiger charge is 2.23. The van der Waals surface area contributed by atoms with Crippen LogP contribution in [0.2, 0.25) is 5.02 Å². The molecule has 1 N–H and O–H groups in total. The number of carbonyl (C=O) groups is 1. The molecule has 19 heavy (non-hydrogen) atoms. The largest absolute Gasteiger partial charge is 0.381 e. The first-order valence-corrected chi connectivity index (χ1v) is 6.59. The molecule has 100 valence electrons. The number of ether oxygens (including phenoxy) is 1. The number of nitrogens with one attached hydrogen (secondary N) is 1. The minimum Gasteiger partial charge on any atom is -0.381 e. The maximum absolute atomic E-state index is 11.8. The van der Waals surface area contributed by atoms with Gasteiger partial charge in [0.1, 0.15) is 5.65 Å². The van der Waals surface area contributed by atoms with E-state index in [0.717, 1.165) is 17.8 Å². The highest BCUT2D eigenvalue weighted by Crippen LogP contribution is 2.13. The number of rotatable bonds is 3. The molecule has 1 aliphatic rings. The smallest absolute Gasteiger partial charge is 0.225 e. The molecule has 1 unspecified atom stereocenters. The predicted molar refractivity (Wildman–Crippen MR) is 71.0 cm³/mol. The van der Waals surface area contributed by atoms with Crippen LogP contribution in [0, 0.1) is 5.92 Å². The van der Waals surface area contributed by atoms with Crippen molar-refractivity contribution in [1.29, 1.82) is 0 Å². The van der Waals surface area contributed by atoms with Crippen molar-refractivity contribution < 1.29 is 9.53 Å². The summed E-state index contributed by atoms with van der Waals surface area (Å²) in [4.78, 5) is 16.3. The van der Waals surface area contributed by atoms with Crippen molar-refractivity contribution >= 4 is 23.2 Å². The number of amides is 1. The Morgan fingerprint density at radius 3 is 3.21 bits per heavy atom. The minimum atomic E-state index is -0.0218. The van der Waals surface area contributed by atoms with E-state index in [2.05, 4.69) is 10.3 Å². The number of nitrogens with zero attached hydrogens (tertiary/aromatic N) is 2. The van der Waals surface area contributed by atoms with Crippen molar-refractivity contribution in [3.8, 4) is 0 Å². The first-order chi connectivity index (χ1) is 9.22. The third-order valence-corrected chi connectivity index (χ3v) is 3.43. The molecule has 3 heterocycles. The third kappa shape index (κ3) is 2.72. The van der Waals surface area contributed by atoms with E-state index in [9.17, 15) is 4.79 Å².